The van der Waals surface area contributed by atoms with E-state index in [1.165, 1.54) is 18.2 Å². The van der Waals surface area contributed by atoms with Crippen molar-refractivity contribution in [1.29, 1.82) is 0 Å². The molecule has 142 valence electrons. The molecule has 2 amide bonds. The number of amides is 2. The van der Waals surface area contributed by atoms with Crippen molar-refractivity contribution >= 4 is 23.4 Å². The zero-order valence-electron chi connectivity index (χ0n) is 14.8. The lowest BCUT2D eigenvalue weighted by atomic mass is 10.2. The molecule has 0 atom stereocenters. The standard InChI is InChI=1S/C20H21ClFN3O2/c21-16-7-4-8-17(22)18(16)19(26)23-9-10-24-11-13-25(14-12-24)20(27)15-5-2-1-3-6-15/h1-8H,9-14H2,(H,23,26). The van der Waals surface area contributed by atoms with Crippen molar-refractivity contribution in [3.8, 4) is 0 Å². The summed E-state index contributed by atoms with van der Waals surface area (Å²) in [4.78, 5) is 28.6. The van der Waals surface area contributed by atoms with Gasteiger partial charge in [-0.2, -0.15) is 0 Å². The van der Waals surface area contributed by atoms with Crippen LogP contribution >= 0.6 is 11.6 Å². The topological polar surface area (TPSA) is 52.7 Å². The smallest absolute Gasteiger partial charge is 0.255 e. The first-order chi connectivity index (χ1) is 13.1. The van der Waals surface area contributed by atoms with Gasteiger partial charge >= 0.3 is 0 Å². The first kappa shape index (κ1) is 19.3. The number of piperazine rings is 1. The second-order valence-electron chi connectivity index (χ2n) is 6.35. The summed E-state index contributed by atoms with van der Waals surface area (Å²) in [7, 11) is 0. The molecule has 0 unspecified atom stereocenters. The Morgan fingerprint density at radius 1 is 1.00 bits per heavy atom. The Morgan fingerprint density at radius 3 is 2.37 bits per heavy atom. The average molecular weight is 390 g/mol. The largest absolute Gasteiger partial charge is 0.351 e. The quantitative estimate of drug-likeness (QED) is 0.855. The lowest BCUT2D eigenvalue weighted by molar-refractivity contribution is 0.0638. The Kier molecular flexibility index (Phi) is 6.42. The fourth-order valence-corrected chi connectivity index (χ4v) is 3.32. The molecule has 2 aromatic carbocycles. The zero-order valence-corrected chi connectivity index (χ0v) is 15.6. The van der Waals surface area contributed by atoms with Gasteiger partial charge in [-0.25, -0.2) is 4.39 Å². The maximum absolute atomic E-state index is 13.7. The van der Waals surface area contributed by atoms with Gasteiger partial charge in [0.15, 0.2) is 0 Å². The van der Waals surface area contributed by atoms with Crippen LogP contribution in [0.5, 0.6) is 0 Å². The van der Waals surface area contributed by atoms with Crippen molar-refractivity contribution in [2.45, 2.75) is 0 Å². The van der Waals surface area contributed by atoms with Crippen LogP contribution in [0.1, 0.15) is 20.7 Å². The van der Waals surface area contributed by atoms with Gasteiger partial charge in [-0.1, -0.05) is 35.9 Å². The lowest BCUT2D eigenvalue weighted by Crippen LogP contribution is -2.50. The Labute approximate surface area is 162 Å². The van der Waals surface area contributed by atoms with E-state index in [0.717, 1.165) is 13.1 Å². The molecule has 2 aromatic rings. The van der Waals surface area contributed by atoms with Crippen molar-refractivity contribution in [2.24, 2.45) is 0 Å². The van der Waals surface area contributed by atoms with Crippen LogP contribution in [0.4, 0.5) is 4.39 Å². The summed E-state index contributed by atoms with van der Waals surface area (Å²) in [5.74, 6) is -1.11. The van der Waals surface area contributed by atoms with Crippen LogP contribution in [-0.2, 0) is 0 Å². The Morgan fingerprint density at radius 2 is 1.70 bits per heavy atom. The van der Waals surface area contributed by atoms with Crippen LogP contribution in [0.15, 0.2) is 48.5 Å². The molecular formula is C20H21ClFN3O2. The average Bonchev–Trinajstić information content (AvgIpc) is 2.68. The molecule has 27 heavy (non-hydrogen) atoms. The number of nitrogens with one attached hydrogen (secondary N) is 1. The van der Waals surface area contributed by atoms with Gasteiger partial charge in [0.2, 0.25) is 0 Å². The number of halogens is 2. The predicted octanol–water partition coefficient (Wildman–Crippen LogP) is 2.67. The second kappa shape index (κ2) is 8.97. The maximum atomic E-state index is 13.7. The van der Waals surface area contributed by atoms with Crippen molar-refractivity contribution in [3.63, 3.8) is 0 Å². The van der Waals surface area contributed by atoms with Crippen molar-refractivity contribution in [1.82, 2.24) is 15.1 Å². The molecule has 0 aromatic heterocycles. The summed E-state index contributed by atoms with van der Waals surface area (Å²) in [6, 6.07) is 13.4. The van der Waals surface area contributed by atoms with Gasteiger partial charge in [-0.3, -0.25) is 14.5 Å². The molecule has 7 heteroatoms. The number of hydrogen-bond acceptors (Lipinski definition) is 3. The Bertz CT molecular complexity index is 788. The minimum absolute atomic E-state index is 0.0396. The molecule has 1 N–H and O–H groups in total. The van der Waals surface area contributed by atoms with E-state index in [0.29, 0.717) is 31.7 Å². The lowest BCUT2D eigenvalue weighted by Gasteiger charge is -2.34. The van der Waals surface area contributed by atoms with Gasteiger partial charge in [0.05, 0.1) is 10.6 Å². The fraction of sp³-hybridized carbons (Fsp3) is 0.300. The molecule has 0 saturated carbocycles. The number of carbonyl (C=O) groups is 2. The van der Waals surface area contributed by atoms with Gasteiger partial charge in [0.25, 0.3) is 11.8 Å². The minimum Gasteiger partial charge on any atom is -0.351 e. The highest BCUT2D eigenvalue weighted by atomic mass is 35.5. The summed E-state index contributed by atoms with van der Waals surface area (Å²) < 4.78 is 13.7. The number of hydrogen-bond donors (Lipinski definition) is 1. The van der Waals surface area contributed by atoms with Crippen molar-refractivity contribution < 1.29 is 14.0 Å². The molecule has 1 heterocycles. The molecule has 1 aliphatic heterocycles. The van der Waals surface area contributed by atoms with E-state index in [-0.39, 0.29) is 16.5 Å². The number of benzene rings is 2. The highest BCUT2D eigenvalue weighted by Gasteiger charge is 2.22. The van der Waals surface area contributed by atoms with E-state index in [2.05, 4.69) is 10.2 Å². The SMILES string of the molecule is O=C(NCCN1CCN(C(=O)c2ccccc2)CC1)c1c(F)cccc1Cl. The number of rotatable bonds is 5. The molecule has 1 aliphatic rings. The molecule has 3 rings (SSSR count). The monoisotopic (exact) mass is 389 g/mol. The van der Waals surface area contributed by atoms with Gasteiger partial charge in [0, 0.05) is 44.8 Å². The van der Waals surface area contributed by atoms with Crippen molar-refractivity contribution in [3.05, 3.63) is 70.5 Å². The number of nitrogens with zero attached hydrogens (tertiary/aromatic N) is 2. The predicted molar refractivity (Wildman–Crippen MR) is 103 cm³/mol. The highest BCUT2D eigenvalue weighted by molar-refractivity contribution is 6.33. The molecular weight excluding hydrogens is 369 g/mol. The first-order valence-corrected chi connectivity index (χ1v) is 9.23. The van der Waals surface area contributed by atoms with Crippen LogP contribution < -0.4 is 5.32 Å². The van der Waals surface area contributed by atoms with Gasteiger partial charge in [-0.05, 0) is 24.3 Å². The van der Waals surface area contributed by atoms with Gasteiger partial charge in [0.1, 0.15) is 5.82 Å². The van der Waals surface area contributed by atoms with E-state index in [1.807, 2.05) is 35.2 Å². The Balaban J connectivity index is 1.44. The summed E-state index contributed by atoms with van der Waals surface area (Å²) in [5, 5.41) is 2.80. The maximum Gasteiger partial charge on any atom is 0.255 e. The van der Waals surface area contributed by atoms with E-state index < -0.39 is 11.7 Å². The summed E-state index contributed by atoms with van der Waals surface area (Å²) >= 11 is 5.90. The first-order valence-electron chi connectivity index (χ1n) is 8.85. The van der Waals surface area contributed by atoms with E-state index in [9.17, 15) is 14.0 Å². The molecule has 0 radical (unpaired) electrons. The molecule has 1 saturated heterocycles. The second-order valence-corrected chi connectivity index (χ2v) is 6.76. The summed E-state index contributed by atoms with van der Waals surface area (Å²) in [6.07, 6.45) is 0. The zero-order chi connectivity index (χ0) is 19.2. The van der Waals surface area contributed by atoms with Gasteiger partial charge in [-0.15, -0.1) is 0 Å². The van der Waals surface area contributed by atoms with Crippen LogP contribution in [0.3, 0.4) is 0 Å². The fourth-order valence-electron chi connectivity index (χ4n) is 3.07. The molecule has 1 fully saturated rings. The Hall–Kier alpha value is -2.44. The third kappa shape index (κ3) is 4.84. The molecule has 0 bridgehead atoms. The van der Waals surface area contributed by atoms with Crippen LogP contribution in [-0.4, -0.2) is 60.9 Å². The normalized spacial score (nSPS) is 14.8. The van der Waals surface area contributed by atoms with Crippen LogP contribution in [0.25, 0.3) is 0 Å². The van der Waals surface area contributed by atoms with E-state index in [4.69, 9.17) is 11.6 Å². The van der Waals surface area contributed by atoms with Gasteiger partial charge < -0.3 is 10.2 Å². The highest BCUT2D eigenvalue weighted by Crippen LogP contribution is 2.18. The molecule has 0 spiro atoms. The minimum atomic E-state index is -0.631. The molecule has 0 aliphatic carbocycles. The third-order valence-corrected chi connectivity index (χ3v) is 4.90. The third-order valence-electron chi connectivity index (χ3n) is 4.58. The summed E-state index contributed by atoms with van der Waals surface area (Å²) in [6.45, 7) is 3.76. The van der Waals surface area contributed by atoms with E-state index >= 15 is 0 Å². The van der Waals surface area contributed by atoms with Crippen LogP contribution in [0, 0.1) is 5.82 Å². The summed E-state index contributed by atoms with van der Waals surface area (Å²) in [5.41, 5.74) is 0.567. The molecule has 5 nitrogen and oxygen atoms in total. The number of carbonyl (C=O) groups excluding carboxylic acids is 2. The van der Waals surface area contributed by atoms with E-state index in [1.54, 1.807) is 0 Å². The van der Waals surface area contributed by atoms with Crippen molar-refractivity contribution in [2.75, 3.05) is 39.3 Å². The van der Waals surface area contributed by atoms with Crippen LogP contribution in [0.2, 0.25) is 5.02 Å².